The van der Waals surface area contributed by atoms with Crippen molar-refractivity contribution in [3.8, 4) is 23.2 Å². The van der Waals surface area contributed by atoms with E-state index in [1.165, 1.54) is 12.4 Å². The molecule has 12 heteroatoms. The van der Waals surface area contributed by atoms with Gasteiger partial charge < -0.3 is 15.0 Å². The predicted molar refractivity (Wildman–Crippen MR) is 155 cm³/mol. The van der Waals surface area contributed by atoms with Gasteiger partial charge in [0, 0.05) is 56.6 Å². The smallest absolute Gasteiger partial charge is 0.256 e. The third-order valence-electron chi connectivity index (χ3n) is 7.48. The summed E-state index contributed by atoms with van der Waals surface area (Å²) < 4.78 is 31.8. The molecule has 1 saturated heterocycles. The van der Waals surface area contributed by atoms with Crippen LogP contribution in [-0.4, -0.2) is 68.6 Å². The van der Waals surface area contributed by atoms with Crippen molar-refractivity contribution in [3.05, 3.63) is 72.6 Å². The first-order chi connectivity index (χ1) is 19.8. The summed E-state index contributed by atoms with van der Waals surface area (Å²) >= 11 is 0. The molecule has 1 aliphatic carbocycles. The van der Waals surface area contributed by atoms with Crippen LogP contribution in [0.4, 0.5) is 17.3 Å². The van der Waals surface area contributed by atoms with Gasteiger partial charge in [-0.25, -0.2) is 23.4 Å². The lowest BCUT2D eigenvalue weighted by Crippen LogP contribution is -2.44. The summed E-state index contributed by atoms with van der Waals surface area (Å²) in [6.07, 6.45) is 12.9. The number of rotatable bonds is 7. The molecule has 0 amide bonds. The highest BCUT2D eigenvalue weighted by atomic mass is 32.2. The lowest BCUT2D eigenvalue weighted by atomic mass is 9.93. The topological polar surface area (TPSA) is 128 Å². The molecule has 2 aliphatic rings. The molecular formula is C29H30N8O3S. The highest BCUT2D eigenvalue weighted by Gasteiger charge is 2.37. The van der Waals surface area contributed by atoms with E-state index in [-0.39, 0.29) is 10.9 Å². The third-order valence-corrected chi connectivity index (χ3v) is 9.51. The van der Waals surface area contributed by atoms with Gasteiger partial charge in [-0.2, -0.15) is 9.19 Å². The monoisotopic (exact) mass is 570 g/mol. The summed E-state index contributed by atoms with van der Waals surface area (Å²) in [4.78, 5) is 20.0. The molecule has 210 valence electrons. The van der Waals surface area contributed by atoms with E-state index in [4.69, 9.17) is 4.74 Å². The summed E-state index contributed by atoms with van der Waals surface area (Å²) in [5, 5.41) is 6.97. The van der Waals surface area contributed by atoms with Crippen molar-refractivity contribution in [2.24, 2.45) is 0 Å². The molecule has 0 aromatic carbocycles. The summed E-state index contributed by atoms with van der Waals surface area (Å²) in [5.74, 6) is 7.95. The Morgan fingerprint density at radius 3 is 2.61 bits per heavy atom. The summed E-state index contributed by atoms with van der Waals surface area (Å²) in [7, 11) is -1.70. The second-order valence-electron chi connectivity index (χ2n) is 10.5. The van der Waals surface area contributed by atoms with Gasteiger partial charge in [0.05, 0.1) is 40.1 Å². The highest BCUT2D eigenvalue weighted by Crippen LogP contribution is 2.32. The fraction of sp³-hybridized carbons (Fsp3) is 0.345. The van der Waals surface area contributed by atoms with Gasteiger partial charge in [0.2, 0.25) is 0 Å². The maximum Gasteiger partial charge on any atom is 0.256 e. The zero-order chi connectivity index (χ0) is 28.5. The number of methoxy groups -OCH3 is 1. The van der Waals surface area contributed by atoms with Crippen molar-refractivity contribution in [2.75, 3.05) is 30.4 Å². The van der Waals surface area contributed by atoms with E-state index in [2.05, 4.69) is 54.0 Å². The Balaban J connectivity index is 1.27. The first kappa shape index (κ1) is 26.9. The fourth-order valence-electron chi connectivity index (χ4n) is 4.65. The van der Waals surface area contributed by atoms with Crippen LogP contribution in [0.5, 0.6) is 0 Å². The van der Waals surface area contributed by atoms with Gasteiger partial charge in [-0.15, -0.1) is 0 Å². The van der Waals surface area contributed by atoms with Crippen LogP contribution >= 0.6 is 0 Å². The lowest BCUT2D eigenvalue weighted by molar-refractivity contribution is -0.0132. The van der Waals surface area contributed by atoms with Gasteiger partial charge in [-0.05, 0) is 50.8 Å². The molecule has 4 aromatic heterocycles. The molecule has 4 aromatic rings. The van der Waals surface area contributed by atoms with Crippen LogP contribution in [0.15, 0.2) is 61.4 Å². The molecule has 41 heavy (non-hydrogen) atoms. The van der Waals surface area contributed by atoms with Gasteiger partial charge in [0.15, 0.2) is 5.82 Å². The van der Waals surface area contributed by atoms with Gasteiger partial charge in [0.25, 0.3) is 10.0 Å². The molecule has 0 radical (unpaired) electrons. The van der Waals surface area contributed by atoms with Crippen molar-refractivity contribution in [3.63, 3.8) is 0 Å². The molecule has 6 rings (SSSR count). The van der Waals surface area contributed by atoms with Crippen molar-refractivity contribution in [2.45, 2.75) is 43.5 Å². The van der Waals surface area contributed by atoms with Crippen LogP contribution in [-0.2, 0) is 14.8 Å². The molecular weight excluding hydrogens is 540 g/mol. The number of ether oxygens (including phenoxy) is 1. The van der Waals surface area contributed by atoms with E-state index in [1.807, 2.05) is 18.2 Å². The molecule has 0 spiro atoms. The minimum atomic E-state index is -3.47. The van der Waals surface area contributed by atoms with Crippen LogP contribution in [0.25, 0.3) is 11.4 Å². The van der Waals surface area contributed by atoms with Gasteiger partial charge in [-0.1, -0.05) is 11.8 Å². The van der Waals surface area contributed by atoms with E-state index in [1.54, 1.807) is 38.0 Å². The van der Waals surface area contributed by atoms with Gasteiger partial charge >= 0.3 is 0 Å². The average molecular weight is 571 g/mol. The van der Waals surface area contributed by atoms with Crippen LogP contribution in [0.2, 0.25) is 0 Å². The van der Waals surface area contributed by atoms with E-state index in [9.17, 15) is 8.42 Å². The van der Waals surface area contributed by atoms with Crippen LogP contribution < -0.4 is 10.2 Å². The molecule has 2 fully saturated rings. The second kappa shape index (κ2) is 10.9. The molecule has 1 saturated carbocycles. The Morgan fingerprint density at radius 1 is 1.05 bits per heavy atom. The number of piperidine rings is 1. The van der Waals surface area contributed by atoms with Crippen molar-refractivity contribution in [1.82, 2.24) is 29.1 Å². The van der Waals surface area contributed by atoms with E-state index in [0.717, 1.165) is 46.8 Å². The number of hydrogen-bond donors (Lipinski definition) is 1. The minimum absolute atomic E-state index is 0.144. The summed E-state index contributed by atoms with van der Waals surface area (Å²) in [5.41, 5.74) is 2.98. The lowest BCUT2D eigenvalue weighted by Gasteiger charge is -2.39. The van der Waals surface area contributed by atoms with Crippen LogP contribution in [0, 0.1) is 11.8 Å². The Bertz CT molecular complexity index is 1720. The van der Waals surface area contributed by atoms with Gasteiger partial charge in [0.1, 0.15) is 11.6 Å². The Hall–Kier alpha value is -4.34. The van der Waals surface area contributed by atoms with E-state index < -0.39 is 10.0 Å². The minimum Gasteiger partial charge on any atom is -0.378 e. The number of anilines is 3. The zero-order valence-corrected chi connectivity index (χ0v) is 23.7. The van der Waals surface area contributed by atoms with Crippen molar-refractivity contribution in [1.29, 1.82) is 0 Å². The van der Waals surface area contributed by atoms with Crippen molar-refractivity contribution < 1.29 is 13.2 Å². The van der Waals surface area contributed by atoms with E-state index >= 15 is 0 Å². The Morgan fingerprint density at radius 2 is 1.88 bits per heavy atom. The Kier molecular flexibility index (Phi) is 7.15. The maximum atomic E-state index is 12.5. The largest absolute Gasteiger partial charge is 0.378 e. The molecule has 1 aliphatic heterocycles. The third kappa shape index (κ3) is 5.91. The van der Waals surface area contributed by atoms with Crippen LogP contribution in [0.3, 0.4) is 0 Å². The molecule has 1 N–H and O–H groups in total. The molecule has 0 bridgehead atoms. The quantitative estimate of drug-likeness (QED) is 0.329. The van der Waals surface area contributed by atoms with Crippen LogP contribution in [0.1, 0.15) is 43.7 Å². The normalized spacial score (nSPS) is 16.6. The Labute approximate surface area is 239 Å². The molecule has 5 heterocycles. The standard InChI is InChI=1S/C29H30N8O3S/c1-29(40-2)10-14-36(15-11-29)25-16-27(32-18-22(25)6-5-21-4-3-12-30-17-21)34-26-9-13-31-28(35-26)23-19-33-37(20-23)41(38,39)24-7-8-24/h3-4,9,12-13,16-20,24H,7-8,10-11,14-15H2,1-2H3,(H,31,32,34,35). The zero-order valence-electron chi connectivity index (χ0n) is 22.9. The van der Waals surface area contributed by atoms with Gasteiger partial charge in [-0.3, -0.25) is 4.98 Å². The first-order valence-corrected chi connectivity index (χ1v) is 14.9. The number of pyridine rings is 2. The maximum absolute atomic E-state index is 12.5. The predicted octanol–water partition coefficient (Wildman–Crippen LogP) is 3.62. The number of nitrogens with zero attached hydrogens (tertiary/aromatic N) is 7. The van der Waals surface area contributed by atoms with Crippen molar-refractivity contribution >= 4 is 27.3 Å². The second-order valence-corrected chi connectivity index (χ2v) is 12.5. The fourth-order valence-corrected chi connectivity index (χ4v) is 6.12. The molecule has 0 atom stereocenters. The molecule has 11 nitrogen and oxygen atoms in total. The molecule has 0 unspecified atom stereocenters. The first-order valence-electron chi connectivity index (χ1n) is 13.4. The van der Waals surface area contributed by atoms with E-state index in [0.29, 0.717) is 35.9 Å². The highest BCUT2D eigenvalue weighted by molar-refractivity contribution is 7.90. The summed E-state index contributed by atoms with van der Waals surface area (Å²) in [6, 6.07) is 7.49. The number of nitrogens with one attached hydrogen (secondary N) is 1. The number of hydrogen-bond acceptors (Lipinski definition) is 10. The number of aromatic nitrogens is 6. The average Bonchev–Trinajstić information content (AvgIpc) is 3.74. The summed E-state index contributed by atoms with van der Waals surface area (Å²) in [6.45, 7) is 3.78. The SMILES string of the molecule is COC1(C)CCN(c2cc(Nc3ccnc(-c4cnn(S(=O)(=O)C5CC5)c4)n3)ncc2C#Cc2cccnc2)CC1.